The highest BCUT2D eigenvalue weighted by atomic mass is 127. The van der Waals surface area contributed by atoms with E-state index in [1.807, 2.05) is 7.05 Å². The van der Waals surface area contributed by atoms with Crippen molar-refractivity contribution in [2.75, 3.05) is 26.7 Å². The van der Waals surface area contributed by atoms with Gasteiger partial charge in [0.25, 0.3) is 0 Å². The van der Waals surface area contributed by atoms with Crippen molar-refractivity contribution < 1.29 is 4.79 Å². The number of rotatable bonds is 5. The van der Waals surface area contributed by atoms with Crippen LogP contribution >= 0.6 is 39.9 Å². The van der Waals surface area contributed by atoms with Gasteiger partial charge in [-0.1, -0.05) is 34.1 Å². The lowest BCUT2D eigenvalue weighted by atomic mass is 9.96. The summed E-state index contributed by atoms with van der Waals surface area (Å²) in [6, 6.07) is 8.73. The first-order valence-corrected chi connectivity index (χ1v) is 9.87. The third kappa shape index (κ3) is 5.12. The van der Waals surface area contributed by atoms with Crippen LogP contribution < -0.4 is 10.6 Å². The van der Waals surface area contributed by atoms with Crippen LogP contribution in [-0.4, -0.2) is 49.5 Å². The van der Waals surface area contributed by atoms with E-state index >= 15 is 0 Å². The predicted octanol–water partition coefficient (Wildman–Crippen LogP) is 3.27. The standard InChI is InChI=1S/C19H27BrN4O.HI/c1-3-21-18(23-14-8-9-17(25)24(2)12-14)22-13-19(10-11-19)15-6-4-5-7-16(15)20;/h4-7,14H,3,8-13H2,1-2H3,(H2,21,22,23);1H. The minimum atomic E-state index is 0. The van der Waals surface area contributed by atoms with Gasteiger partial charge in [-0.3, -0.25) is 9.79 Å². The second-order valence-corrected chi connectivity index (χ2v) is 7.96. The van der Waals surface area contributed by atoms with Crippen LogP contribution in [0.3, 0.4) is 0 Å². The minimum Gasteiger partial charge on any atom is -0.357 e. The average Bonchev–Trinajstić information content (AvgIpc) is 3.38. The van der Waals surface area contributed by atoms with Crippen molar-refractivity contribution in [2.45, 2.75) is 44.1 Å². The maximum atomic E-state index is 11.7. The lowest BCUT2D eigenvalue weighted by molar-refractivity contribution is -0.132. The van der Waals surface area contributed by atoms with E-state index in [0.717, 1.165) is 32.0 Å². The van der Waals surface area contributed by atoms with Crippen LogP contribution in [0.2, 0.25) is 0 Å². The number of nitrogens with one attached hydrogen (secondary N) is 2. The van der Waals surface area contributed by atoms with Crippen LogP contribution in [0.15, 0.2) is 33.7 Å². The highest BCUT2D eigenvalue weighted by Crippen LogP contribution is 2.50. The fourth-order valence-corrected chi connectivity index (χ4v) is 4.13. The predicted molar refractivity (Wildman–Crippen MR) is 120 cm³/mol. The lowest BCUT2D eigenvalue weighted by Gasteiger charge is -2.31. The molecule has 1 unspecified atom stereocenters. The quantitative estimate of drug-likeness (QED) is 0.346. The number of piperidine rings is 1. The molecule has 2 aliphatic rings. The average molecular weight is 535 g/mol. The lowest BCUT2D eigenvalue weighted by Crippen LogP contribution is -2.51. The molecular formula is C19H28BrIN4O. The maximum absolute atomic E-state index is 11.7. The van der Waals surface area contributed by atoms with Gasteiger partial charge in [-0.25, -0.2) is 0 Å². The summed E-state index contributed by atoms with van der Waals surface area (Å²) in [4.78, 5) is 18.3. The number of carbonyl (C=O) groups excluding carboxylic acids is 1. The first-order valence-electron chi connectivity index (χ1n) is 9.08. The summed E-state index contributed by atoms with van der Waals surface area (Å²) in [5, 5.41) is 6.85. The molecule has 5 nitrogen and oxygen atoms in total. The van der Waals surface area contributed by atoms with Gasteiger partial charge in [0, 0.05) is 42.5 Å². The number of likely N-dealkylation sites (N-methyl/N-ethyl adjacent to an activating group) is 1. The summed E-state index contributed by atoms with van der Waals surface area (Å²) < 4.78 is 1.17. The molecule has 144 valence electrons. The van der Waals surface area contributed by atoms with E-state index in [4.69, 9.17) is 4.99 Å². The van der Waals surface area contributed by atoms with E-state index in [9.17, 15) is 4.79 Å². The summed E-state index contributed by atoms with van der Waals surface area (Å²) in [7, 11) is 1.87. The van der Waals surface area contributed by atoms with Gasteiger partial charge in [0.15, 0.2) is 5.96 Å². The van der Waals surface area contributed by atoms with Crippen molar-refractivity contribution in [3.63, 3.8) is 0 Å². The summed E-state index contributed by atoms with van der Waals surface area (Å²) in [6.07, 6.45) is 3.83. The molecule has 1 amide bonds. The largest absolute Gasteiger partial charge is 0.357 e. The Bertz CT molecular complexity index is 663. The zero-order chi connectivity index (χ0) is 17.9. The molecule has 0 bridgehead atoms. The van der Waals surface area contributed by atoms with Crippen molar-refractivity contribution in [3.8, 4) is 0 Å². The smallest absolute Gasteiger partial charge is 0.222 e. The molecule has 7 heteroatoms. The van der Waals surface area contributed by atoms with Crippen LogP contribution in [0.4, 0.5) is 0 Å². The molecule has 1 aromatic carbocycles. The van der Waals surface area contributed by atoms with Crippen molar-refractivity contribution in [1.29, 1.82) is 0 Å². The van der Waals surface area contributed by atoms with E-state index in [0.29, 0.717) is 6.42 Å². The number of likely N-dealkylation sites (tertiary alicyclic amines) is 1. The fourth-order valence-electron chi connectivity index (χ4n) is 3.43. The maximum Gasteiger partial charge on any atom is 0.222 e. The molecule has 1 saturated heterocycles. The van der Waals surface area contributed by atoms with E-state index in [1.54, 1.807) is 4.90 Å². The highest BCUT2D eigenvalue weighted by Gasteiger charge is 2.45. The molecule has 2 fully saturated rings. The molecule has 1 heterocycles. The Morgan fingerprint density at radius 2 is 2.12 bits per heavy atom. The number of benzene rings is 1. The number of hydrogen-bond donors (Lipinski definition) is 2. The zero-order valence-corrected chi connectivity index (χ0v) is 19.3. The van der Waals surface area contributed by atoms with Crippen molar-refractivity contribution >= 4 is 51.8 Å². The number of nitrogens with zero attached hydrogens (tertiary/aromatic N) is 2. The minimum absolute atomic E-state index is 0. The Morgan fingerprint density at radius 3 is 2.73 bits per heavy atom. The Hall–Kier alpha value is -0.830. The molecule has 0 aromatic heterocycles. The van der Waals surface area contributed by atoms with Crippen LogP contribution in [0.25, 0.3) is 0 Å². The molecule has 1 saturated carbocycles. The van der Waals surface area contributed by atoms with E-state index in [-0.39, 0.29) is 41.3 Å². The molecule has 2 N–H and O–H groups in total. The Morgan fingerprint density at radius 1 is 1.38 bits per heavy atom. The normalized spacial score (nSPS) is 21.8. The van der Waals surface area contributed by atoms with E-state index in [2.05, 4.69) is 57.8 Å². The van der Waals surface area contributed by atoms with E-state index < -0.39 is 0 Å². The van der Waals surface area contributed by atoms with Gasteiger partial charge in [0.1, 0.15) is 0 Å². The second kappa shape index (κ2) is 9.39. The number of guanidine groups is 1. The Kier molecular flexibility index (Phi) is 7.76. The molecule has 1 atom stereocenters. The molecule has 1 aliphatic carbocycles. The molecule has 0 spiro atoms. The number of hydrogen-bond acceptors (Lipinski definition) is 2. The Labute approximate surface area is 181 Å². The summed E-state index contributed by atoms with van der Waals surface area (Å²) in [6.45, 7) is 4.43. The van der Waals surface area contributed by atoms with Gasteiger partial charge in [-0.15, -0.1) is 24.0 Å². The van der Waals surface area contributed by atoms with Gasteiger partial charge in [-0.05, 0) is 37.8 Å². The van der Waals surface area contributed by atoms with Gasteiger partial charge in [0.05, 0.1) is 6.54 Å². The van der Waals surface area contributed by atoms with Crippen LogP contribution in [0.5, 0.6) is 0 Å². The van der Waals surface area contributed by atoms with Crippen molar-refractivity contribution in [2.24, 2.45) is 4.99 Å². The first kappa shape index (κ1) is 21.5. The molecule has 1 aromatic rings. The third-order valence-electron chi connectivity index (χ3n) is 5.15. The SMILES string of the molecule is CCNC(=NCC1(c2ccccc2Br)CC1)NC1CCC(=O)N(C)C1.I. The van der Waals surface area contributed by atoms with Gasteiger partial charge >= 0.3 is 0 Å². The zero-order valence-electron chi connectivity index (χ0n) is 15.4. The van der Waals surface area contributed by atoms with E-state index in [1.165, 1.54) is 22.9 Å². The van der Waals surface area contributed by atoms with Crippen LogP contribution in [-0.2, 0) is 10.2 Å². The van der Waals surface area contributed by atoms with Crippen molar-refractivity contribution in [1.82, 2.24) is 15.5 Å². The third-order valence-corrected chi connectivity index (χ3v) is 5.84. The highest BCUT2D eigenvalue weighted by molar-refractivity contribution is 14.0. The van der Waals surface area contributed by atoms with Crippen LogP contribution in [0.1, 0.15) is 38.2 Å². The van der Waals surface area contributed by atoms with Gasteiger partial charge in [-0.2, -0.15) is 0 Å². The molecule has 1 aliphatic heterocycles. The summed E-state index contributed by atoms with van der Waals surface area (Å²) in [5.74, 6) is 1.08. The topological polar surface area (TPSA) is 56.7 Å². The summed E-state index contributed by atoms with van der Waals surface area (Å²) >= 11 is 3.68. The summed E-state index contributed by atoms with van der Waals surface area (Å²) in [5.41, 5.74) is 1.53. The molecule has 0 radical (unpaired) electrons. The monoisotopic (exact) mass is 534 g/mol. The second-order valence-electron chi connectivity index (χ2n) is 7.11. The fraction of sp³-hybridized carbons (Fsp3) is 0.579. The van der Waals surface area contributed by atoms with Crippen molar-refractivity contribution in [3.05, 3.63) is 34.3 Å². The number of amides is 1. The van der Waals surface area contributed by atoms with Crippen LogP contribution in [0, 0.1) is 0 Å². The molecule has 26 heavy (non-hydrogen) atoms. The number of aliphatic imine (C=N–C) groups is 1. The molecule has 3 rings (SSSR count). The molecular weight excluding hydrogens is 507 g/mol. The first-order chi connectivity index (χ1) is 12.0. The number of carbonyl (C=O) groups is 1. The Balaban J connectivity index is 0.00000243. The number of halogens is 2. The van der Waals surface area contributed by atoms with Gasteiger partial charge < -0.3 is 15.5 Å². The van der Waals surface area contributed by atoms with Gasteiger partial charge in [0.2, 0.25) is 5.91 Å².